The quantitative estimate of drug-likeness (QED) is 0.692. The van der Waals surface area contributed by atoms with E-state index in [1.54, 1.807) is 0 Å². The predicted molar refractivity (Wildman–Crippen MR) is 125 cm³/mol. The van der Waals surface area contributed by atoms with Crippen LogP contribution in [-0.4, -0.2) is 35.0 Å². The Balaban J connectivity index is 1.12. The fraction of sp³-hybridized carbons (Fsp3) is 0.593. The van der Waals surface area contributed by atoms with E-state index in [-0.39, 0.29) is 17.2 Å². The lowest BCUT2D eigenvalue weighted by molar-refractivity contribution is -0.124. The molecule has 1 N–H and O–H groups in total. The lowest BCUT2D eigenvalue weighted by Gasteiger charge is -2.56. The number of aromatic nitrogens is 1. The molecule has 1 aromatic carbocycles. The highest BCUT2D eigenvalue weighted by atomic mass is 16.5. The molecule has 2 amide bonds. The second-order valence-electron chi connectivity index (χ2n) is 11.2. The number of amides is 2. The second-order valence-corrected chi connectivity index (χ2v) is 11.2. The third-order valence-electron chi connectivity index (χ3n) is 8.61. The smallest absolute Gasteiger partial charge is 0.254 e. The first-order valence-corrected chi connectivity index (χ1v) is 12.6. The van der Waals surface area contributed by atoms with Gasteiger partial charge in [-0.2, -0.15) is 0 Å². The number of anilines is 1. The van der Waals surface area contributed by atoms with Gasteiger partial charge >= 0.3 is 0 Å². The maximum atomic E-state index is 13.2. The van der Waals surface area contributed by atoms with Crippen LogP contribution in [0.5, 0.6) is 0 Å². The summed E-state index contributed by atoms with van der Waals surface area (Å²) in [5, 5.41) is 7.24. The molecule has 4 fully saturated rings. The van der Waals surface area contributed by atoms with Gasteiger partial charge in [-0.25, -0.2) is 0 Å². The van der Waals surface area contributed by atoms with E-state index >= 15 is 0 Å². The highest BCUT2D eigenvalue weighted by molar-refractivity contribution is 6.00. The molecule has 4 aliphatic carbocycles. The minimum Gasteiger partial charge on any atom is -0.361 e. The zero-order valence-corrected chi connectivity index (χ0v) is 19.4. The molecule has 0 atom stereocenters. The minimum absolute atomic E-state index is 0.0358. The first-order valence-electron chi connectivity index (χ1n) is 12.6. The van der Waals surface area contributed by atoms with Crippen molar-refractivity contribution in [3.63, 3.8) is 0 Å². The molecule has 4 bridgehead atoms. The van der Waals surface area contributed by atoms with Crippen molar-refractivity contribution in [3.8, 4) is 0 Å². The molecule has 2 heterocycles. The van der Waals surface area contributed by atoms with Gasteiger partial charge in [-0.15, -0.1) is 0 Å². The highest BCUT2D eigenvalue weighted by Gasteiger charge is 2.51. The van der Waals surface area contributed by atoms with Crippen LogP contribution in [0.3, 0.4) is 0 Å². The Morgan fingerprint density at radius 3 is 2.58 bits per heavy atom. The number of rotatable bonds is 6. The van der Waals surface area contributed by atoms with E-state index in [1.807, 2.05) is 36.1 Å². The number of hydrogen-bond donors (Lipinski definition) is 1. The fourth-order valence-corrected chi connectivity index (χ4v) is 7.73. The molecule has 4 saturated carbocycles. The second kappa shape index (κ2) is 8.00. The molecular weight excluding hydrogens is 414 g/mol. The molecule has 1 aliphatic heterocycles. The van der Waals surface area contributed by atoms with Gasteiger partial charge in [0.2, 0.25) is 5.91 Å². The lowest BCUT2D eigenvalue weighted by Crippen LogP contribution is -2.47. The van der Waals surface area contributed by atoms with Gasteiger partial charge in [0.05, 0.1) is 5.69 Å². The molecule has 0 saturated heterocycles. The fourth-order valence-electron chi connectivity index (χ4n) is 7.73. The van der Waals surface area contributed by atoms with Gasteiger partial charge < -0.3 is 14.7 Å². The molecule has 0 spiro atoms. The van der Waals surface area contributed by atoms with Gasteiger partial charge in [-0.05, 0) is 92.7 Å². The monoisotopic (exact) mass is 447 g/mol. The van der Waals surface area contributed by atoms with Crippen LogP contribution in [0.2, 0.25) is 0 Å². The van der Waals surface area contributed by atoms with Crippen LogP contribution in [0.4, 0.5) is 5.69 Å². The van der Waals surface area contributed by atoms with E-state index in [0.717, 1.165) is 46.9 Å². The van der Waals surface area contributed by atoms with Crippen LogP contribution in [-0.2, 0) is 17.6 Å². The summed E-state index contributed by atoms with van der Waals surface area (Å²) in [7, 11) is 0. The lowest BCUT2D eigenvalue weighted by atomic mass is 9.49. The molecule has 174 valence electrons. The predicted octanol–water partition coefficient (Wildman–Crippen LogP) is 4.77. The molecule has 7 rings (SSSR count). The third kappa shape index (κ3) is 3.98. The number of carbonyl (C=O) groups is 2. The minimum atomic E-state index is 0.0358. The van der Waals surface area contributed by atoms with Crippen molar-refractivity contribution in [1.29, 1.82) is 0 Å². The summed E-state index contributed by atoms with van der Waals surface area (Å²) >= 11 is 0. The van der Waals surface area contributed by atoms with Crippen LogP contribution in [0.25, 0.3) is 0 Å². The standard InChI is InChI=1S/C27H33N3O3/c1-17-9-21(29-33-17)5-7-30-8-6-22-23(26(30)32)3-2-4-24(22)28-25(31)16-27-13-18-10-19(14-27)12-20(11-18)15-27/h2-4,9,18-20H,5-8,10-16H2,1H3,(H,28,31). The Labute approximate surface area is 195 Å². The van der Waals surface area contributed by atoms with Crippen LogP contribution in [0.15, 0.2) is 28.8 Å². The van der Waals surface area contributed by atoms with Gasteiger partial charge in [0.25, 0.3) is 5.91 Å². The van der Waals surface area contributed by atoms with Crippen LogP contribution < -0.4 is 5.32 Å². The van der Waals surface area contributed by atoms with E-state index in [0.29, 0.717) is 31.5 Å². The van der Waals surface area contributed by atoms with E-state index < -0.39 is 0 Å². The summed E-state index contributed by atoms with van der Waals surface area (Å²) in [6.45, 7) is 3.15. The number of nitrogens with one attached hydrogen (secondary N) is 1. The Morgan fingerprint density at radius 2 is 1.91 bits per heavy atom. The van der Waals surface area contributed by atoms with Gasteiger partial charge in [-0.1, -0.05) is 11.2 Å². The summed E-state index contributed by atoms with van der Waals surface area (Å²) in [6, 6.07) is 7.65. The van der Waals surface area contributed by atoms with E-state index in [1.165, 1.54) is 38.5 Å². The number of nitrogens with zero attached hydrogens (tertiary/aromatic N) is 2. The number of aryl methyl sites for hydroxylation is 1. The Hall–Kier alpha value is -2.63. The topological polar surface area (TPSA) is 75.4 Å². The van der Waals surface area contributed by atoms with Crippen LogP contribution in [0.1, 0.15) is 72.3 Å². The molecule has 0 unspecified atom stereocenters. The average Bonchev–Trinajstić information content (AvgIpc) is 3.17. The normalized spacial score (nSPS) is 29.9. The number of carbonyl (C=O) groups excluding carboxylic acids is 2. The Bertz CT molecular complexity index is 1050. The number of benzene rings is 1. The largest absolute Gasteiger partial charge is 0.361 e. The Morgan fingerprint density at radius 1 is 1.18 bits per heavy atom. The van der Waals surface area contributed by atoms with Crippen molar-refractivity contribution in [2.45, 2.75) is 64.7 Å². The maximum absolute atomic E-state index is 13.2. The molecule has 5 aliphatic rings. The first kappa shape index (κ1) is 20.9. The summed E-state index contributed by atoms with van der Waals surface area (Å²) in [5.41, 5.74) is 3.61. The molecule has 33 heavy (non-hydrogen) atoms. The van der Waals surface area contributed by atoms with E-state index in [4.69, 9.17) is 4.52 Å². The van der Waals surface area contributed by atoms with Gasteiger partial charge in [0.1, 0.15) is 5.76 Å². The van der Waals surface area contributed by atoms with E-state index in [9.17, 15) is 9.59 Å². The van der Waals surface area contributed by atoms with Crippen molar-refractivity contribution >= 4 is 17.5 Å². The Kier molecular flexibility index (Phi) is 5.07. The molecule has 0 radical (unpaired) electrons. The average molecular weight is 448 g/mol. The van der Waals surface area contributed by atoms with Gasteiger partial charge in [0.15, 0.2) is 0 Å². The van der Waals surface area contributed by atoms with Crippen molar-refractivity contribution in [2.24, 2.45) is 23.2 Å². The summed E-state index contributed by atoms with van der Waals surface area (Å²) < 4.78 is 5.13. The zero-order chi connectivity index (χ0) is 22.6. The molecular formula is C27H33N3O3. The van der Waals surface area contributed by atoms with E-state index in [2.05, 4.69) is 10.5 Å². The molecule has 6 heteroatoms. The first-order chi connectivity index (χ1) is 16.0. The summed E-state index contributed by atoms with van der Waals surface area (Å²) in [4.78, 5) is 28.2. The third-order valence-corrected chi connectivity index (χ3v) is 8.61. The van der Waals surface area contributed by atoms with Gasteiger partial charge in [-0.3, -0.25) is 9.59 Å². The molecule has 2 aromatic rings. The van der Waals surface area contributed by atoms with Crippen molar-refractivity contribution in [1.82, 2.24) is 10.1 Å². The van der Waals surface area contributed by atoms with Crippen molar-refractivity contribution in [3.05, 3.63) is 46.8 Å². The number of hydrogen-bond acceptors (Lipinski definition) is 4. The highest BCUT2D eigenvalue weighted by Crippen LogP contribution is 2.61. The molecule has 1 aromatic heterocycles. The SMILES string of the molecule is Cc1cc(CCN2CCc3c(NC(=O)CC45CC6CC(CC(C6)C4)C5)cccc3C2=O)no1. The van der Waals surface area contributed by atoms with Crippen molar-refractivity contribution < 1.29 is 14.1 Å². The van der Waals surface area contributed by atoms with Crippen LogP contribution >= 0.6 is 0 Å². The zero-order valence-electron chi connectivity index (χ0n) is 19.4. The molecule has 6 nitrogen and oxygen atoms in total. The maximum Gasteiger partial charge on any atom is 0.254 e. The number of fused-ring (bicyclic) bond motifs is 1. The summed E-state index contributed by atoms with van der Waals surface area (Å²) in [6.07, 6.45) is 9.95. The van der Waals surface area contributed by atoms with Gasteiger partial charge in [0, 0.05) is 43.2 Å². The van der Waals surface area contributed by atoms with Crippen molar-refractivity contribution in [2.75, 3.05) is 18.4 Å². The summed E-state index contributed by atoms with van der Waals surface area (Å²) in [5.74, 6) is 3.49. The van der Waals surface area contributed by atoms with Crippen LogP contribution in [0, 0.1) is 30.1 Å².